The molecule has 0 aliphatic rings. The maximum Gasteiger partial charge on any atom is 0.416 e. The predicted octanol–water partition coefficient (Wildman–Crippen LogP) is 5.85. The van der Waals surface area contributed by atoms with Gasteiger partial charge in [0, 0.05) is 18.7 Å². The van der Waals surface area contributed by atoms with E-state index in [1.807, 2.05) is 6.07 Å². The second-order valence-corrected chi connectivity index (χ2v) is 7.03. The van der Waals surface area contributed by atoms with Gasteiger partial charge in [0.15, 0.2) is 0 Å². The first-order valence-electron chi connectivity index (χ1n) is 9.89. The van der Waals surface area contributed by atoms with Crippen LogP contribution in [-0.2, 0) is 17.4 Å². The summed E-state index contributed by atoms with van der Waals surface area (Å²) in [5, 5.41) is 6.02. The molecule has 0 radical (unpaired) electrons. The molecular formula is C22H28F3N3O. The van der Waals surface area contributed by atoms with Gasteiger partial charge in [0.25, 0.3) is 0 Å². The molecule has 2 aromatic rings. The van der Waals surface area contributed by atoms with Gasteiger partial charge in [-0.05, 0) is 48.7 Å². The summed E-state index contributed by atoms with van der Waals surface area (Å²) < 4.78 is 37.8. The summed E-state index contributed by atoms with van der Waals surface area (Å²) in [5.41, 5.74) is 8.02. The zero-order valence-electron chi connectivity index (χ0n) is 16.6. The van der Waals surface area contributed by atoms with Gasteiger partial charge in [-0.2, -0.15) is 13.2 Å². The van der Waals surface area contributed by atoms with Crippen molar-refractivity contribution in [1.29, 1.82) is 0 Å². The molecule has 29 heavy (non-hydrogen) atoms. The lowest BCUT2D eigenvalue weighted by molar-refractivity contribution is -0.137. The van der Waals surface area contributed by atoms with E-state index in [9.17, 15) is 18.0 Å². The lowest BCUT2D eigenvalue weighted by atomic mass is 10.1. The lowest BCUT2D eigenvalue weighted by Gasteiger charge is -2.12. The molecule has 7 heteroatoms. The Bertz CT molecular complexity index is 789. The molecule has 0 unspecified atom stereocenters. The van der Waals surface area contributed by atoms with Gasteiger partial charge in [0.2, 0.25) is 5.91 Å². The molecule has 0 fully saturated rings. The number of hydrogen-bond acceptors (Lipinski definition) is 3. The third-order valence-electron chi connectivity index (χ3n) is 4.61. The second kappa shape index (κ2) is 10.7. The monoisotopic (exact) mass is 407 g/mol. The number of anilines is 3. The molecule has 2 rings (SSSR count). The highest BCUT2D eigenvalue weighted by Gasteiger charge is 2.29. The van der Waals surface area contributed by atoms with E-state index in [-0.39, 0.29) is 5.91 Å². The molecular weight excluding hydrogens is 379 g/mol. The zero-order chi connectivity index (χ0) is 21.3. The van der Waals surface area contributed by atoms with E-state index in [0.29, 0.717) is 30.8 Å². The molecule has 0 heterocycles. The summed E-state index contributed by atoms with van der Waals surface area (Å²) in [6.07, 6.45) is 0.899. The van der Waals surface area contributed by atoms with Crippen molar-refractivity contribution in [3.8, 4) is 0 Å². The fraction of sp³-hybridized carbons (Fsp3) is 0.409. The number of halogens is 3. The number of carbonyl (C=O) groups excluding carboxylic acids is 1. The zero-order valence-corrected chi connectivity index (χ0v) is 16.6. The highest BCUT2D eigenvalue weighted by atomic mass is 19.4. The van der Waals surface area contributed by atoms with Crippen LogP contribution in [0.4, 0.5) is 30.2 Å². The average molecular weight is 407 g/mol. The third-order valence-corrected chi connectivity index (χ3v) is 4.61. The molecule has 0 saturated heterocycles. The Morgan fingerprint density at radius 3 is 2.38 bits per heavy atom. The number of alkyl halides is 3. The van der Waals surface area contributed by atoms with Crippen LogP contribution >= 0.6 is 0 Å². The number of rotatable bonds is 10. The smallest absolute Gasteiger partial charge is 0.397 e. The first kappa shape index (κ1) is 22.6. The van der Waals surface area contributed by atoms with Crippen molar-refractivity contribution in [1.82, 2.24) is 0 Å². The van der Waals surface area contributed by atoms with Gasteiger partial charge in [-0.25, -0.2) is 0 Å². The van der Waals surface area contributed by atoms with Crippen LogP contribution in [0.25, 0.3) is 0 Å². The SMILES string of the molecule is CCCCCCC(=O)Nc1ccc(NCCc2ccc(C(F)(F)F)cc2)cc1N. The van der Waals surface area contributed by atoms with E-state index in [1.54, 1.807) is 12.1 Å². The Hall–Kier alpha value is -2.70. The highest BCUT2D eigenvalue weighted by Crippen LogP contribution is 2.29. The molecule has 1 amide bonds. The van der Waals surface area contributed by atoms with Crippen LogP contribution in [0.2, 0.25) is 0 Å². The van der Waals surface area contributed by atoms with Crippen molar-refractivity contribution in [2.24, 2.45) is 0 Å². The lowest BCUT2D eigenvalue weighted by Crippen LogP contribution is -2.13. The standard InChI is InChI=1S/C22H28F3N3O/c1-2-3-4-5-6-21(29)28-20-12-11-18(15-19(20)26)27-14-13-16-7-9-17(10-8-16)22(23,24)25/h7-12,15,27H,2-6,13-14,26H2,1H3,(H,28,29). The van der Waals surface area contributed by atoms with Crippen LogP contribution in [0.15, 0.2) is 42.5 Å². The number of hydrogen-bond donors (Lipinski definition) is 3. The van der Waals surface area contributed by atoms with Crippen molar-refractivity contribution in [3.05, 3.63) is 53.6 Å². The van der Waals surface area contributed by atoms with E-state index in [1.165, 1.54) is 12.1 Å². The predicted molar refractivity (Wildman–Crippen MR) is 112 cm³/mol. The fourth-order valence-corrected chi connectivity index (χ4v) is 2.92. The van der Waals surface area contributed by atoms with Crippen LogP contribution in [0.1, 0.15) is 50.2 Å². The van der Waals surface area contributed by atoms with Crippen LogP contribution in [0, 0.1) is 0 Å². The summed E-state index contributed by atoms with van der Waals surface area (Å²) >= 11 is 0. The normalized spacial score (nSPS) is 11.3. The number of amides is 1. The Morgan fingerprint density at radius 1 is 1.03 bits per heavy atom. The largest absolute Gasteiger partial charge is 0.416 e. The molecule has 4 nitrogen and oxygen atoms in total. The number of carbonyl (C=O) groups is 1. The molecule has 0 aliphatic carbocycles. The Balaban J connectivity index is 1.80. The van der Waals surface area contributed by atoms with Crippen LogP contribution < -0.4 is 16.4 Å². The molecule has 0 aromatic heterocycles. The Kier molecular flexibility index (Phi) is 8.36. The number of nitrogens with two attached hydrogens (primary N) is 1. The number of nitrogen functional groups attached to an aromatic ring is 1. The van der Waals surface area contributed by atoms with Crippen LogP contribution in [-0.4, -0.2) is 12.5 Å². The molecule has 0 spiro atoms. The second-order valence-electron chi connectivity index (χ2n) is 7.03. The van der Waals surface area contributed by atoms with Crippen LogP contribution in [0.5, 0.6) is 0 Å². The first-order chi connectivity index (χ1) is 13.8. The van der Waals surface area contributed by atoms with Gasteiger partial charge in [-0.1, -0.05) is 38.3 Å². The van der Waals surface area contributed by atoms with Crippen molar-refractivity contribution in [2.75, 3.05) is 22.9 Å². The quantitative estimate of drug-likeness (QED) is 0.342. The molecule has 158 valence electrons. The summed E-state index contributed by atoms with van der Waals surface area (Å²) in [4.78, 5) is 12.0. The maximum atomic E-state index is 12.6. The molecule has 0 saturated carbocycles. The first-order valence-corrected chi connectivity index (χ1v) is 9.89. The van der Waals surface area contributed by atoms with Gasteiger partial charge in [-0.15, -0.1) is 0 Å². The van der Waals surface area contributed by atoms with E-state index >= 15 is 0 Å². The van der Waals surface area contributed by atoms with Crippen molar-refractivity contribution < 1.29 is 18.0 Å². The molecule has 0 aliphatic heterocycles. The third kappa shape index (κ3) is 7.68. The van der Waals surface area contributed by atoms with Gasteiger partial charge < -0.3 is 16.4 Å². The molecule has 0 bridgehead atoms. The summed E-state index contributed by atoms with van der Waals surface area (Å²) in [6, 6.07) is 10.4. The van der Waals surface area contributed by atoms with Crippen molar-refractivity contribution in [3.63, 3.8) is 0 Å². The van der Waals surface area contributed by atoms with Gasteiger partial charge in [-0.3, -0.25) is 4.79 Å². The minimum Gasteiger partial charge on any atom is -0.397 e. The van der Waals surface area contributed by atoms with Crippen LogP contribution in [0.3, 0.4) is 0 Å². The molecule has 0 atom stereocenters. The van der Waals surface area contributed by atoms with Gasteiger partial charge in [0.1, 0.15) is 0 Å². The minimum absolute atomic E-state index is 0.0455. The number of unbranched alkanes of at least 4 members (excludes halogenated alkanes) is 3. The van der Waals surface area contributed by atoms with E-state index in [0.717, 1.165) is 49.1 Å². The van der Waals surface area contributed by atoms with Crippen molar-refractivity contribution in [2.45, 2.75) is 51.6 Å². The minimum atomic E-state index is -4.32. The number of nitrogens with one attached hydrogen (secondary N) is 2. The summed E-state index contributed by atoms with van der Waals surface area (Å²) in [5.74, 6) is -0.0455. The van der Waals surface area contributed by atoms with E-state index in [2.05, 4.69) is 17.6 Å². The maximum absolute atomic E-state index is 12.6. The molecule has 2 aromatic carbocycles. The topological polar surface area (TPSA) is 67.2 Å². The number of benzene rings is 2. The fourth-order valence-electron chi connectivity index (χ4n) is 2.92. The average Bonchev–Trinajstić information content (AvgIpc) is 2.67. The Morgan fingerprint density at radius 2 is 1.76 bits per heavy atom. The van der Waals surface area contributed by atoms with E-state index in [4.69, 9.17) is 5.73 Å². The van der Waals surface area contributed by atoms with E-state index < -0.39 is 11.7 Å². The van der Waals surface area contributed by atoms with Gasteiger partial charge in [0.05, 0.1) is 16.9 Å². The van der Waals surface area contributed by atoms with Gasteiger partial charge >= 0.3 is 6.18 Å². The van der Waals surface area contributed by atoms with Crippen molar-refractivity contribution >= 4 is 23.0 Å². The Labute approximate surface area is 169 Å². The highest BCUT2D eigenvalue weighted by molar-refractivity contribution is 5.94. The summed E-state index contributed by atoms with van der Waals surface area (Å²) in [7, 11) is 0. The summed E-state index contributed by atoms with van der Waals surface area (Å²) in [6.45, 7) is 2.67. The molecule has 4 N–H and O–H groups in total.